The van der Waals surface area contributed by atoms with Crippen molar-refractivity contribution in [1.82, 2.24) is 5.32 Å². The number of hydrogen-bond donors (Lipinski definition) is 1. The van der Waals surface area contributed by atoms with Crippen molar-refractivity contribution in [2.75, 3.05) is 19.7 Å². The molecule has 1 unspecified atom stereocenters. The van der Waals surface area contributed by atoms with Crippen molar-refractivity contribution in [3.8, 4) is 0 Å². The van der Waals surface area contributed by atoms with Gasteiger partial charge in [0.1, 0.15) is 0 Å². The second-order valence-corrected chi connectivity index (χ2v) is 5.57. The Hall–Kier alpha value is -1.50. The maximum Gasteiger partial charge on any atom is 0.269 e. The molecule has 1 heterocycles. The van der Waals surface area contributed by atoms with E-state index in [1.807, 2.05) is 19.9 Å². The Morgan fingerprint density at radius 1 is 1.55 bits per heavy atom. The van der Waals surface area contributed by atoms with Crippen molar-refractivity contribution in [1.29, 1.82) is 0 Å². The highest BCUT2D eigenvalue weighted by molar-refractivity contribution is 5.33. The van der Waals surface area contributed by atoms with Crippen LogP contribution in [0.25, 0.3) is 0 Å². The topological polar surface area (TPSA) is 73.6 Å². The SMILES string of the molecule is CC1(C)CNCC(COCc2cccc([N+](=O)[O-])c2)O1. The molecule has 1 atom stereocenters. The average molecular weight is 280 g/mol. The Labute approximate surface area is 118 Å². The molecule has 0 spiro atoms. The van der Waals surface area contributed by atoms with E-state index in [4.69, 9.17) is 9.47 Å². The van der Waals surface area contributed by atoms with Crippen LogP contribution in [-0.4, -0.2) is 36.3 Å². The normalized spacial score (nSPS) is 21.6. The second-order valence-electron chi connectivity index (χ2n) is 5.57. The smallest absolute Gasteiger partial charge is 0.269 e. The van der Waals surface area contributed by atoms with Crippen molar-refractivity contribution < 1.29 is 14.4 Å². The number of hydrogen-bond acceptors (Lipinski definition) is 5. The highest BCUT2D eigenvalue weighted by Crippen LogP contribution is 2.17. The van der Waals surface area contributed by atoms with Crippen LogP contribution in [0.15, 0.2) is 24.3 Å². The van der Waals surface area contributed by atoms with Gasteiger partial charge in [0.15, 0.2) is 0 Å². The Bertz CT molecular complexity index is 476. The summed E-state index contributed by atoms with van der Waals surface area (Å²) in [6.45, 7) is 6.48. The van der Waals surface area contributed by atoms with E-state index in [1.54, 1.807) is 6.07 Å². The molecule has 0 radical (unpaired) electrons. The standard InChI is InChI=1S/C14H20N2O4/c1-14(2)10-15-7-13(20-14)9-19-8-11-4-3-5-12(6-11)16(17)18/h3-6,13,15H,7-10H2,1-2H3. The van der Waals surface area contributed by atoms with Crippen LogP contribution in [0.4, 0.5) is 5.69 Å². The van der Waals surface area contributed by atoms with Gasteiger partial charge in [-0.3, -0.25) is 10.1 Å². The van der Waals surface area contributed by atoms with E-state index in [0.29, 0.717) is 13.2 Å². The van der Waals surface area contributed by atoms with E-state index in [9.17, 15) is 10.1 Å². The Morgan fingerprint density at radius 2 is 2.35 bits per heavy atom. The van der Waals surface area contributed by atoms with Crippen molar-refractivity contribution in [3.63, 3.8) is 0 Å². The number of nitro groups is 1. The molecule has 0 aliphatic carbocycles. The first-order valence-electron chi connectivity index (χ1n) is 6.66. The quantitative estimate of drug-likeness (QED) is 0.658. The molecule has 0 amide bonds. The van der Waals surface area contributed by atoms with Gasteiger partial charge < -0.3 is 14.8 Å². The molecule has 1 N–H and O–H groups in total. The van der Waals surface area contributed by atoms with E-state index in [1.165, 1.54) is 12.1 Å². The lowest BCUT2D eigenvalue weighted by atomic mass is 10.1. The Balaban J connectivity index is 1.81. The maximum absolute atomic E-state index is 10.7. The molecule has 1 fully saturated rings. The fourth-order valence-electron chi connectivity index (χ4n) is 2.23. The molecule has 2 rings (SSSR count). The molecule has 1 aromatic carbocycles. The van der Waals surface area contributed by atoms with Gasteiger partial charge in [-0.2, -0.15) is 0 Å². The molecule has 0 aromatic heterocycles. The largest absolute Gasteiger partial charge is 0.374 e. The molecule has 20 heavy (non-hydrogen) atoms. The number of benzene rings is 1. The zero-order valence-electron chi connectivity index (χ0n) is 11.8. The number of nitrogens with one attached hydrogen (secondary N) is 1. The van der Waals surface area contributed by atoms with Gasteiger partial charge in [0.2, 0.25) is 0 Å². The lowest BCUT2D eigenvalue weighted by Crippen LogP contribution is -2.51. The van der Waals surface area contributed by atoms with Crippen LogP contribution in [0.5, 0.6) is 0 Å². The number of rotatable bonds is 5. The first-order chi connectivity index (χ1) is 9.46. The third-order valence-corrected chi connectivity index (χ3v) is 3.10. The van der Waals surface area contributed by atoms with E-state index in [2.05, 4.69) is 5.32 Å². The van der Waals surface area contributed by atoms with Gasteiger partial charge in [0.25, 0.3) is 5.69 Å². The number of nitrogens with zero attached hydrogens (tertiary/aromatic N) is 1. The second kappa shape index (κ2) is 6.30. The maximum atomic E-state index is 10.7. The van der Waals surface area contributed by atoms with Gasteiger partial charge in [0, 0.05) is 25.2 Å². The minimum Gasteiger partial charge on any atom is -0.374 e. The van der Waals surface area contributed by atoms with Crippen LogP contribution in [-0.2, 0) is 16.1 Å². The Morgan fingerprint density at radius 3 is 3.05 bits per heavy atom. The highest BCUT2D eigenvalue weighted by atomic mass is 16.6. The first-order valence-corrected chi connectivity index (χ1v) is 6.66. The molecule has 0 bridgehead atoms. The fourth-order valence-corrected chi connectivity index (χ4v) is 2.23. The van der Waals surface area contributed by atoms with Gasteiger partial charge in [-0.25, -0.2) is 0 Å². The van der Waals surface area contributed by atoms with Gasteiger partial charge in [-0.15, -0.1) is 0 Å². The fraction of sp³-hybridized carbons (Fsp3) is 0.571. The van der Waals surface area contributed by atoms with Crippen LogP contribution in [0.1, 0.15) is 19.4 Å². The van der Waals surface area contributed by atoms with Crippen LogP contribution in [0.2, 0.25) is 0 Å². The molecular weight excluding hydrogens is 260 g/mol. The zero-order valence-corrected chi connectivity index (χ0v) is 11.8. The monoisotopic (exact) mass is 280 g/mol. The van der Waals surface area contributed by atoms with Crippen molar-refractivity contribution >= 4 is 5.69 Å². The van der Waals surface area contributed by atoms with Crippen molar-refractivity contribution in [2.24, 2.45) is 0 Å². The van der Waals surface area contributed by atoms with Crippen LogP contribution in [0, 0.1) is 10.1 Å². The third kappa shape index (κ3) is 4.26. The van der Waals surface area contributed by atoms with Crippen LogP contribution in [0.3, 0.4) is 0 Å². The van der Waals surface area contributed by atoms with Crippen LogP contribution >= 0.6 is 0 Å². The van der Waals surface area contributed by atoms with Crippen LogP contribution < -0.4 is 5.32 Å². The summed E-state index contributed by atoms with van der Waals surface area (Å²) >= 11 is 0. The lowest BCUT2D eigenvalue weighted by Gasteiger charge is -2.36. The summed E-state index contributed by atoms with van der Waals surface area (Å²) in [5.74, 6) is 0. The molecule has 1 aromatic rings. The summed E-state index contributed by atoms with van der Waals surface area (Å²) in [5, 5.41) is 14.0. The minimum atomic E-state index is -0.403. The molecule has 110 valence electrons. The predicted octanol–water partition coefficient (Wildman–Crippen LogP) is 1.88. The van der Waals surface area contributed by atoms with Crippen molar-refractivity contribution in [3.05, 3.63) is 39.9 Å². The number of morpholine rings is 1. The van der Waals surface area contributed by atoms with Gasteiger partial charge in [-0.1, -0.05) is 12.1 Å². The number of ether oxygens (including phenoxy) is 2. The Kier molecular flexibility index (Phi) is 4.69. The summed E-state index contributed by atoms with van der Waals surface area (Å²) in [5.41, 5.74) is 0.697. The summed E-state index contributed by atoms with van der Waals surface area (Å²) in [6.07, 6.45) is 0.0115. The lowest BCUT2D eigenvalue weighted by molar-refractivity contribution is -0.384. The molecule has 1 aliphatic heterocycles. The molecule has 1 aliphatic rings. The van der Waals surface area contributed by atoms with Crippen molar-refractivity contribution in [2.45, 2.75) is 32.2 Å². The zero-order chi connectivity index (χ0) is 14.6. The minimum absolute atomic E-state index is 0.0115. The molecule has 1 saturated heterocycles. The summed E-state index contributed by atoms with van der Waals surface area (Å²) < 4.78 is 11.5. The highest BCUT2D eigenvalue weighted by Gasteiger charge is 2.28. The average Bonchev–Trinajstić information content (AvgIpc) is 2.38. The van der Waals surface area contributed by atoms with E-state index < -0.39 is 4.92 Å². The third-order valence-electron chi connectivity index (χ3n) is 3.10. The van der Waals surface area contributed by atoms with E-state index in [0.717, 1.165) is 18.7 Å². The van der Waals surface area contributed by atoms with Gasteiger partial charge in [0.05, 0.1) is 29.8 Å². The molecule has 0 saturated carbocycles. The first kappa shape index (κ1) is 14.9. The van der Waals surface area contributed by atoms with Gasteiger partial charge >= 0.3 is 0 Å². The van der Waals surface area contributed by atoms with Gasteiger partial charge in [-0.05, 0) is 19.4 Å². The summed E-state index contributed by atoms with van der Waals surface area (Å²) in [4.78, 5) is 10.3. The summed E-state index contributed by atoms with van der Waals surface area (Å²) in [7, 11) is 0. The van der Waals surface area contributed by atoms with E-state index in [-0.39, 0.29) is 17.4 Å². The molecule has 6 heteroatoms. The number of non-ortho nitro benzene ring substituents is 1. The molecule has 6 nitrogen and oxygen atoms in total. The number of nitro benzene ring substituents is 1. The molecular formula is C14H20N2O4. The van der Waals surface area contributed by atoms with E-state index >= 15 is 0 Å². The summed E-state index contributed by atoms with van der Waals surface area (Å²) in [6, 6.07) is 6.49. The predicted molar refractivity (Wildman–Crippen MR) is 74.6 cm³/mol.